The molecular formula is C57H34N4OS. The molecular weight excluding hydrogens is 789 g/mol. The Morgan fingerprint density at radius 1 is 0.349 bits per heavy atom. The highest BCUT2D eigenvalue weighted by Gasteiger charge is 2.22. The van der Waals surface area contributed by atoms with E-state index in [4.69, 9.17) is 19.4 Å². The molecule has 0 N–H and O–H groups in total. The summed E-state index contributed by atoms with van der Waals surface area (Å²) in [7, 11) is 0. The van der Waals surface area contributed by atoms with Gasteiger partial charge in [-0.15, -0.1) is 11.3 Å². The average Bonchev–Trinajstić information content (AvgIpc) is 4.04. The van der Waals surface area contributed by atoms with Crippen molar-refractivity contribution in [2.45, 2.75) is 0 Å². The van der Waals surface area contributed by atoms with Crippen molar-refractivity contribution in [1.82, 2.24) is 19.5 Å². The minimum atomic E-state index is 0.584. The van der Waals surface area contributed by atoms with Gasteiger partial charge in [-0.05, 0) is 70.8 Å². The zero-order valence-corrected chi connectivity index (χ0v) is 34.6. The van der Waals surface area contributed by atoms with E-state index in [1.807, 2.05) is 30.3 Å². The number of hydrogen-bond donors (Lipinski definition) is 0. The maximum Gasteiger partial charge on any atom is 0.164 e. The van der Waals surface area contributed by atoms with Gasteiger partial charge in [-0.3, -0.25) is 0 Å². The van der Waals surface area contributed by atoms with Crippen LogP contribution in [0.1, 0.15) is 0 Å². The number of aromatic nitrogens is 4. The fraction of sp³-hybridized carbons (Fsp3) is 0. The molecule has 0 saturated heterocycles. The molecule has 0 aliphatic carbocycles. The second-order valence-electron chi connectivity index (χ2n) is 15.9. The third kappa shape index (κ3) is 5.73. The number of para-hydroxylation sites is 2. The highest BCUT2D eigenvalue weighted by Crippen LogP contribution is 2.44. The van der Waals surface area contributed by atoms with Gasteiger partial charge in [0.15, 0.2) is 17.5 Å². The molecule has 4 aromatic heterocycles. The molecule has 5 nitrogen and oxygen atoms in total. The summed E-state index contributed by atoms with van der Waals surface area (Å²) in [5, 5.41) is 6.85. The topological polar surface area (TPSA) is 56.7 Å². The van der Waals surface area contributed by atoms with Crippen LogP contribution in [-0.4, -0.2) is 19.5 Å². The van der Waals surface area contributed by atoms with Crippen molar-refractivity contribution in [2.75, 3.05) is 0 Å². The summed E-state index contributed by atoms with van der Waals surface area (Å²) in [6.45, 7) is 0. The number of nitrogens with zero attached hydrogens (tertiary/aromatic N) is 4. The second-order valence-corrected chi connectivity index (χ2v) is 17.0. The van der Waals surface area contributed by atoms with E-state index in [9.17, 15) is 0 Å². The second kappa shape index (κ2) is 14.2. The maximum atomic E-state index is 6.67. The standard InChI is InChI=1S/C57H34N4OS/c1-3-15-35(16-4-1)37-19-11-20-38(33-37)40-23-13-30-50-52(40)43-32-31-39(34-51(43)63-50)56-58-55(36-17-5-2-6-18-36)59-57(60-56)44-24-12-28-48-53(44)54-47(27-14-29-49(54)62-48)61-45-25-9-7-21-41(45)42-22-8-10-26-46(42)61/h1-34H. The van der Waals surface area contributed by atoms with Gasteiger partial charge in [0.25, 0.3) is 0 Å². The average molecular weight is 823 g/mol. The van der Waals surface area contributed by atoms with Crippen molar-refractivity contribution in [1.29, 1.82) is 0 Å². The lowest BCUT2D eigenvalue weighted by Gasteiger charge is -2.12. The van der Waals surface area contributed by atoms with E-state index in [-0.39, 0.29) is 0 Å². The lowest BCUT2D eigenvalue weighted by molar-refractivity contribution is 0.669. The summed E-state index contributed by atoms with van der Waals surface area (Å²) in [4.78, 5) is 15.7. The highest BCUT2D eigenvalue weighted by molar-refractivity contribution is 7.26. The summed E-state index contributed by atoms with van der Waals surface area (Å²) < 4.78 is 11.4. The van der Waals surface area contributed by atoms with Gasteiger partial charge in [-0.1, -0.05) is 158 Å². The van der Waals surface area contributed by atoms with Gasteiger partial charge in [0.05, 0.1) is 22.1 Å². The molecule has 0 saturated carbocycles. The van der Waals surface area contributed by atoms with E-state index in [2.05, 4.69) is 180 Å². The largest absolute Gasteiger partial charge is 0.456 e. The monoisotopic (exact) mass is 822 g/mol. The Bertz CT molecular complexity index is 3870. The first kappa shape index (κ1) is 35.6. The van der Waals surface area contributed by atoms with Crippen LogP contribution in [0.25, 0.3) is 126 Å². The normalized spacial score (nSPS) is 11.8. The quantitative estimate of drug-likeness (QED) is 0.168. The number of furan rings is 1. The first-order valence-electron chi connectivity index (χ1n) is 21.1. The number of benzene rings is 9. The third-order valence-corrected chi connectivity index (χ3v) is 13.4. The van der Waals surface area contributed by atoms with E-state index < -0.39 is 0 Å². The number of rotatable bonds is 6. The van der Waals surface area contributed by atoms with E-state index >= 15 is 0 Å². The lowest BCUT2D eigenvalue weighted by Crippen LogP contribution is -2.00. The first-order chi connectivity index (χ1) is 31.2. The molecule has 0 radical (unpaired) electrons. The van der Waals surface area contributed by atoms with Gasteiger partial charge < -0.3 is 8.98 Å². The summed E-state index contributed by atoms with van der Waals surface area (Å²) in [6.07, 6.45) is 0. The number of fused-ring (bicyclic) bond motifs is 9. The Labute approximate surface area is 365 Å². The zero-order valence-electron chi connectivity index (χ0n) is 33.7. The fourth-order valence-corrected chi connectivity index (χ4v) is 10.6. The molecule has 0 spiro atoms. The molecule has 0 aliphatic rings. The van der Waals surface area contributed by atoms with Gasteiger partial charge in [0, 0.05) is 53.0 Å². The fourth-order valence-electron chi connectivity index (χ4n) is 9.45. The van der Waals surface area contributed by atoms with Crippen molar-refractivity contribution < 1.29 is 4.42 Å². The number of thiophene rings is 1. The van der Waals surface area contributed by atoms with Gasteiger partial charge in [-0.25, -0.2) is 15.0 Å². The molecule has 0 atom stereocenters. The SMILES string of the molecule is c1ccc(-c2cccc(-c3cccc4sc5cc(-c6nc(-c7ccccc7)nc(-c7cccc8oc9cccc(-n%10c%11ccccc%11c%11ccccc%11%10)c9c78)n6)ccc5c34)c2)cc1. The van der Waals surface area contributed by atoms with Gasteiger partial charge in [0.2, 0.25) is 0 Å². The van der Waals surface area contributed by atoms with Gasteiger partial charge >= 0.3 is 0 Å². The van der Waals surface area contributed by atoms with Crippen molar-refractivity contribution in [3.63, 3.8) is 0 Å². The van der Waals surface area contributed by atoms with Crippen LogP contribution in [0.5, 0.6) is 0 Å². The van der Waals surface area contributed by atoms with Crippen LogP contribution in [0.15, 0.2) is 211 Å². The predicted molar refractivity (Wildman–Crippen MR) is 262 cm³/mol. The van der Waals surface area contributed by atoms with Crippen LogP contribution < -0.4 is 0 Å². The summed E-state index contributed by atoms with van der Waals surface area (Å²) in [6, 6.07) is 72.6. The molecule has 13 aromatic rings. The molecule has 0 unspecified atom stereocenters. The van der Waals surface area contributed by atoms with E-state index in [1.165, 1.54) is 53.2 Å². The maximum absolute atomic E-state index is 6.67. The predicted octanol–water partition coefficient (Wildman–Crippen LogP) is 15.6. The zero-order chi connectivity index (χ0) is 41.4. The Balaban J connectivity index is 1.00. The molecule has 9 aromatic carbocycles. The summed E-state index contributed by atoms with van der Waals surface area (Å²) in [5.74, 6) is 1.81. The van der Waals surface area contributed by atoms with Crippen LogP contribution in [0.4, 0.5) is 0 Å². The molecule has 0 bridgehead atoms. The Morgan fingerprint density at radius 3 is 1.71 bits per heavy atom. The third-order valence-electron chi connectivity index (χ3n) is 12.3. The van der Waals surface area contributed by atoms with E-state index in [1.54, 1.807) is 11.3 Å². The molecule has 6 heteroatoms. The van der Waals surface area contributed by atoms with E-state index in [0.29, 0.717) is 17.5 Å². The van der Waals surface area contributed by atoms with Gasteiger partial charge in [-0.2, -0.15) is 0 Å². The van der Waals surface area contributed by atoms with Crippen molar-refractivity contribution in [3.8, 4) is 62.1 Å². The van der Waals surface area contributed by atoms with Crippen LogP contribution in [0.3, 0.4) is 0 Å². The van der Waals surface area contributed by atoms with Crippen LogP contribution in [-0.2, 0) is 0 Å². The smallest absolute Gasteiger partial charge is 0.164 e. The number of hydrogen-bond acceptors (Lipinski definition) is 5. The minimum absolute atomic E-state index is 0.584. The van der Waals surface area contributed by atoms with Crippen LogP contribution >= 0.6 is 11.3 Å². The van der Waals surface area contributed by atoms with Crippen LogP contribution in [0.2, 0.25) is 0 Å². The molecule has 63 heavy (non-hydrogen) atoms. The van der Waals surface area contributed by atoms with Crippen LogP contribution in [0, 0.1) is 0 Å². The highest BCUT2D eigenvalue weighted by atomic mass is 32.1. The summed E-state index contributed by atoms with van der Waals surface area (Å²) in [5.41, 5.74) is 12.4. The van der Waals surface area contributed by atoms with Crippen molar-refractivity contribution in [3.05, 3.63) is 206 Å². The molecule has 294 valence electrons. The molecule has 13 rings (SSSR count). The van der Waals surface area contributed by atoms with Crippen molar-refractivity contribution in [2.24, 2.45) is 0 Å². The molecule has 0 amide bonds. The Morgan fingerprint density at radius 2 is 0.937 bits per heavy atom. The molecule has 4 heterocycles. The lowest BCUT2D eigenvalue weighted by atomic mass is 9.96. The van der Waals surface area contributed by atoms with Crippen molar-refractivity contribution >= 4 is 75.3 Å². The van der Waals surface area contributed by atoms with Gasteiger partial charge in [0.1, 0.15) is 11.2 Å². The Hall–Kier alpha value is -8.19. The molecule has 0 aliphatic heterocycles. The molecule has 0 fully saturated rings. The summed E-state index contributed by atoms with van der Waals surface area (Å²) >= 11 is 1.80. The Kier molecular flexibility index (Phi) is 8.01. The minimum Gasteiger partial charge on any atom is -0.456 e. The van der Waals surface area contributed by atoms with E-state index in [0.717, 1.165) is 55.3 Å². The first-order valence-corrected chi connectivity index (χ1v) is 21.9.